The molecule has 2 aliphatic rings. The smallest absolute Gasteiger partial charge is 0.487 e. The number of hydrogen-bond acceptors (Lipinski definition) is 6. The molecular weight excluding hydrogens is 481 g/mol. The van der Waals surface area contributed by atoms with Crippen LogP contribution in [0.3, 0.4) is 0 Å². The molecule has 3 rings (SSSR count). The van der Waals surface area contributed by atoms with Crippen LogP contribution in [0.25, 0.3) is 0 Å². The molecule has 34 heavy (non-hydrogen) atoms. The minimum atomic E-state index is -5.08. The van der Waals surface area contributed by atoms with Gasteiger partial charge < -0.3 is 25.0 Å². The van der Waals surface area contributed by atoms with E-state index in [2.05, 4.69) is 5.32 Å². The van der Waals surface area contributed by atoms with Gasteiger partial charge in [0, 0.05) is 39.6 Å². The highest BCUT2D eigenvalue weighted by Gasteiger charge is 2.43. The van der Waals surface area contributed by atoms with Crippen molar-refractivity contribution in [3.05, 3.63) is 24.3 Å². The molecule has 0 bridgehead atoms. The Morgan fingerprint density at radius 2 is 1.79 bits per heavy atom. The number of sulfonamides is 1. The van der Waals surface area contributed by atoms with E-state index in [0.29, 0.717) is 44.8 Å². The number of urea groups is 1. The second-order valence-corrected chi connectivity index (χ2v) is 9.87. The molecule has 0 radical (unpaired) electrons. The van der Waals surface area contributed by atoms with Gasteiger partial charge >= 0.3 is 18.2 Å². The molecule has 0 aromatic heterocycles. The van der Waals surface area contributed by atoms with E-state index in [1.807, 2.05) is 19.0 Å². The molecule has 2 atom stereocenters. The monoisotopic (exact) mass is 510 g/mol. The first-order chi connectivity index (χ1) is 15.8. The predicted molar refractivity (Wildman–Crippen MR) is 116 cm³/mol. The van der Waals surface area contributed by atoms with Crippen molar-refractivity contribution in [1.82, 2.24) is 19.4 Å². The molecule has 1 fully saturated rings. The fourth-order valence-electron chi connectivity index (χ4n) is 3.70. The number of aliphatic carboxylic acids is 1. The van der Waals surface area contributed by atoms with Crippen LogP contribution in [0.15, 0.2) is 29.2 Å². The number of carbonyl (C=O) groups excluding carboxylic acids is 1. The predicted octanol–water partition coefficient (Wildman–Crippen LogP) is 1.44. The summed E-state index contributed by atoms with van der Waals surface area (Å²) in [6.07, 6.45) is -4.25. The van der Waals surface area contributed by atoms with Gasteiger partial charge in [-0.15, -0.1) is 0 Å². The standard InChI is InChI=1S/C18H28N4O4S.C2HF3O2/c1-19-18(23)21-10-8-14-15(9-11-21)26-16-6-4-5-7-17(16)27(24,25)22(14)13-12-20(2)3;3-2(4,5)1(6)7/h4-7,14-15H,8-13H2,1-3H3,(H,19,23);(H,6,7)/t14-,15-;/m0./s1. The summed E-state index contributed by atoms with van der Waals surface area (Å²) in [6.45, 7) is 2.02. The number of para-hydroxylation sites is 1. The Hall–Kier alpha value is -2.58. The first kappa shape index (κ1) is 27.7. The number of fused-ring (bicyclic) bond motifs is 2. The minimum absolute atomic E-state index is 0.144. The lowest BCUT2D eigenvalue weighted by atomic mass is 10.1. The van der Waals surface area contributed by atoms with Gasteiger partial charge in [-0.2, -0.15) is 17.5 Å². The van der Waals surface area contributed by atoms with E-state index in [1.165, 1.54) is 0 Å². The number of benzene rings is 1. The van der Waals surface area contributed by atoms with E-state index < -0.39 is 22.2 Å². The van der Waals surface area contributed by atoms with Crippen LogP contribution in [-0.2, 0) is 14.8 Å². The average molecular weight is 511 g/mol. The molecule has 2 amide bonds. The number of nitrogens with one attached hydrogen (secondary N) is 1. The number of alkyl halides is 3. The summed E-state index contributed by atoms with van der Waals surface area (Å²) in [7, 11) is 1.77. The summed E-state index contributed by atoms with van der Waals surface area (Å²) < 4.78 is 66.3. The number of amides is 2. The quantitative estimate of drug-likeness (QED) is 0.632. The van der Waals surface area contributed by atoms with E-state index in [-0.39, 0.29) is 23.1 Å². The van der Waals surface area contributed by atoms with Crippen molar-refractivity contribution < 1.29 is 41.0 Å². The van der Waals surface area contributed by atoms with Crippen molar-refractivity contribution in [3.8, 4) is 5.75 Å². The van der Waals surface area contributed by atoms with Gasteiger partial charge in [0.25, 0.3) is 0 Å². The number of rotatable bonds is 3. The maximum Gasteiger partial charge on any atom is 0.490 e. The highest BCUT2D eigenvalue weighted by Crippen LogP contribution is 2.36. The maximum absolute atomic E-state index is 13.4. The van der Waals surface area contributed by atoms with Crippen LogP contribution in [0.2, 0.25) is 0 Å². The Balaban J connectivity index is 0.000000509. The third kappa shape index (κ3) is 6.73. The fourth-order valence-corrected chi connectivity index (χ4v) is 5.50. The number of ether oxygens (including phenoxy) is 1. The molecule has 0 saturated carbocycles. The molecule has 1 saturated heterocycles. The summed E-state index contributed by atoms with van der Waals surface area (Å²) in [5, 5.41) is 9.77. The normalized spacial score (nSPS) is 22.1. The van der Waals surface area contributed by atoms with Crippen molar-refractivity contribution in [1.29, 1.82) is 0 Å². The Labute approximate surface area is 196 Å². The Kier molecular flexibility index (Phi) is 9.14. The number of carbonyl (C=O) groups is 2. The lowest BCUT2D eigenvalue weighted by Crippen LogP contribution is -2.49. The van der Waals surface area contributed by atoms with Crippen LogP contribution in [0, 0.1) is 0 Å². The molecular formula is C20H29F3N4O6S. The number of likely N-dealkylation sites (N-methyl/N-ethyl adjacent to an activating group) is 1. The number of carboxylic acids is 1. The average Bonchev–Trinajstić information content (AvgIpc) is 3.00. The van der Waals surface area contributed by atoms with Crippen LogP contribution in [-0.4, -0.2) is 105 Å². The summed E-state index contributed by atoms with van der Waals surface area (Å²) in [6, 6.07) is 6.37. The lowest BCUT2D eigenvalue weighted by molar-refractivity contribution is -0.192. The number of hydrogen-bond donors (Lipinski definition) is 2. The summed E-state index contributed by atoms with van der Waals surface area (Å²) in [5.41, 5.74) is 0. The van der Waals surface area contributed by atoms with Gasteiger partial charge in [-0.25, -0.2) is 18.0 Å². The van der Waals surface area contributed by atoms with E-state index >= 15 is 0 Å². The number of halogens is 3. The molecule has 0 unspecified atom stereocenters. The molecule has 2 heterocycles. The van der Waals surface area contributed by atoms with Crippen LogP contribution in [0.5, 0.6) is 5.75 Å². The SMILES string of the molecule is CNC(=O)N1CC[C@@H]2Oc3ccccc3S(=O)(=O)N(CCN(C)C)[C@H]2CC1.O=C(O)C(F)(F)F. The minimum Gasteiger partial charge on any atom is -0.487 e. The second-order valence-electron chi connectivity index (χ2n) is 8.01. The van der Waals surface area contributed by atoms with Gasteiger partial charge in [0.1, 0.15) is 16.7 Å². The van der Waals surface area contributed by atoms with Crippen molar-refractivity contribution >= 4 is 22.0 Å². The van der Waals surface area contributed by atoms with E-state index in [1.54, 1.807) is 40.5 Å². The Bertz CT molecular complexity index is 973. The molecule has 1 aromatic carbocycles. The van der Waals surface area contributed by atoms with Gasteiger partial charge in [-0.1, -0.05) is 12.1 Å². The van der Waals surface area contributed by atoms with Crippen molar-refractivity contribution in [2.75, 3.05) is 47.3 Å². The highest BCUT2D eigenvalue weighted by atomic mass is 32.2. The van der Waals surface area contributed by atoms with Crippen molar-refractivity contribution in [2.45, 2.75) is 36.1 Å². The number of likely N-dealkylation sites (tertiary alicyclic amines) is 1. The van der Waals surface area contributed by atoms with Gasteiger partial charge in [0.15, 0.2) is 0 Å². The molecule has 2 N–H and O–H groups in total. The fraction of sp³-hybridized carbons (Fsp3) is 0.600. The first-order valence-electron chi connectivity index (χ1n) is 10.5. The Morgan fingerprint density at radius 1 is 1.21 bits per heavy atom. The number of carboxylic acid groups (broad SMARTS) is 1. The van der Waals surface area contributed by atoms with Gasteiger partial charge in [-0.05, 0) is 32.6 Å². The molecule has 1 aromatic rings. The van der Waals surface area contributed by atoms with E-state index in [4.69, 9.17) is 14.6 Å². The number of nitrogens with zero attached hydrogens (tertiary/aromatic N) is 3. The second kappa shape index (κ2) is 11.2. The van der Waals surface area contributed by atoms with Crippen LogP contribution < -0.4 is 10.1 Å². The molecule has 0 spiro atoms. The maximum atomic E-state index is 13.4. The zero-order chi connectivity index (χ0) is 25.7. The molecule has 192 valence electrons. The lowest BCUT2D eigenvalue weighted by Gasteiger charge is -2.32. The van der Waals surface area contributed by atoms with Crippen LogP contribution >= 0.6 is 0 Å². The largest absolute Gasteiger partial charge is 0.490 e. The van der Waals surface area contributed by atoms with Gasteiger partial charge in [0.2, 0.25) is 10.0 Å². The summed E-state index contributed by atoms with van der Waals surface area (Å²) in [4.78, 5) is 24.9. The van der Waals surface area contributed by atoms with Crippen molar-refractivity contribution in [3.63, 3.8) is 0 Å². The third-order valence-electron chi connectivity index (χ3n) is 5.40. The summed E-state index contributed by atoms with van der Waals surface area (Å²) in [5.74, 6) is -2.36. The van der Waals surface area contributed by atoms with Crippen LogP contribution in [0.1, 0.15) is 12.8 Å². The first-order valence-corrected chi connectivity index (χ1v) is 11.9. The van der Waals surface area contributed by atoms with Gasteiger partial charge in [-0.3, -0.25) is 0 Å². The third-order valence-corrected chi connectivity index (χ3v) is 7.37. The molecule has 2 aliphatic heterocycles. The molecule has 10 nitrogen and oxygen atoms in total. The highest BCUT2D eigenvalue weighted by molar-refractivity contribution is 7.89. The summed E-state index contributed by atoms with van der Waals surface area (Å²) >= 11 is 0. The topological polar surface area (TPSA) is 119 Å². The molecule has 14 heteroatoms. The van der Waals surface area contributed by atoms with Crippen molar-refractivity contribution in [2.24, 2.45) is 0 Å². The molecule has 0 aliphatic carbocycles. The van der Waals surface area contributed by atoms with E-state index in [9.17, 15) is 26.4 Å². The van der Waals surface area contributed by atoms with Crippen LogP contribution in [0.4, 0.5) is 18.0 Å². The van der Waals surface area contributed by atoms with Gasteiger partial charge in [0.05, 0.1) is 6.04 Å². The zero-order valence-corrected chi connectivity index (χ0v) is 19.9. The Morgan fingerprint density at radius 3 is 2.35 bits per heavy atom. The zero-order valence-electron chi connectivity index (χ0n) is 19.1. The van der Waals surface area contributed by atoms with E-state index in [0.717, 1.165) is 0 Å².